The van der Waals surface area contributed by atoms with Crippen LogP contribution in [0.25, 0.3) is 10.2 Å². The molecule has 0 spiro atoms. The molecule has 1 fully saturated rings. The van der Waals surface area contributed by atoms with Gasteiger partial charge in [0.15, 0.2) is 0 Å². The smallest absolute Gasteiger partial charge is 0.305 e. The Hall–Kier alpha value is -3.01. The number of aliphatic hydroxyl groups excluding tert-OH is 1. The van der Waals surface area contributed by atoms with Crippen LogP contribution in [0.3, 0.4) is 0 Å². The van der Waals surface area contributed by atoms with Gasteiger partial charge in [-0.1, -0.05) is 29.5 Å². The Bertz CT molecular complexity index is 1280. The standard InChI is InChI=1S/C27H34N4O4S/c1-4-31(5-2)26(34)20-8-6-7-19(15-20)23(17-30-12-11-21(32)16-30)29(3)25(33)14-18-9-10-24-22(13-18)28-27(35)36-24/h6-10,13,15,21,23,32H,4-5,11-12,14,16-17H2,1-3H3,(H,28,35)/t21-,23+/m0/s1. The molecule has 2 heterocycles. The first-order valence-corrected chi connectivity index (χ1v) is 13.3. The predicted octanol–water partition coefficient (Wildman–Crippen LogP) is 2.88. The van der Waals surface area contributed by atoms with Crippen LogP contribution in [0.5, 0.6) is 0 Å². The summed E-state index contributed by atoms with van der Waals surface area (Å²) in [4.78, 5) is 46.5. The van der Waals surface area contributed by atoms with E-state index in [0.29, 0.717) is 38.2 Å². The maximum atomic E-state index is 13.4. The molecule has 1 aliphatic rings. The zero-order valence-corrected chi connectivity index (χ0v) is 21.9. The third kappa shape index (κ3) is 5.86. The zero-order valence-electron chi connectivity index (χ0n) is 21.1. The SMILES string of the molecule is CCN(CC)C(=O)c1cccc([C@@H](CN2CC[C@H](O)C2)N(C)C(=O)Cc2ccc3sc(=O)[nH]c3c2)c1. The fourth-order valence-electron chi connectivity index (χ4n) is 4.83. The highest BCUT2D eigenvalue weighted by molar-refractivity contribution is 7.16. The van der Waals surface area contributed by atoms with E-state index in [4.69, 9.17) is 0 Å². The summed E-state index contributed by atoms with van der Waals surface area (Å²) in [6, 6.07) is 12.9. The van der Waals surface area contributed by atoms with E-state index in [2.05, 4.69) is 9.88 Å². The number of fused-ring (bicyclic) bond motifs is 1. The van der Waals surface area contributed by atoms with Gasteiger partial charge in [0.1, 0.15) is 0 Å². The Morgan fingerprint density at radius 2 is 1.97 bits per heavy atom. The molecule has 1 saturated heterocycles. The number of carbonyl (C=O) groups is 2. The van der Waals surface area contributed by atoms with E-state index in [9.17, 15) is 19.5 Å². The van der Waals surface area contributed by atoms with Crippen molar-refractivity contribution in [2.24, 2.45) is 0 Å². The molecule has 0 unspecified atom stereocenters. The van der Waals surface area contributed by atoms with Gasteiger partial charge < -0.3 is 19.9 Å². The highest BCUT2D eigenvalue weighted by Crippen LogP contribution is 2.26. The van der Waals surface area contributed by atoms with Crippen molar-refractivity contribution in [3.05, 3.63) is 68.8 Å². The first-order chi connectivity index (χ1) is 17.3. The summed E-state index contributed by atoms with van der Waals surface area (Å²) in [5.74, 6) is -0.0821. The second kappa shape index (κ2) is 11.4. The number of aliphatic hydroxyl groups is 1. The number of amides is 2. The average Bonchev–Trinajstić information content (AvgIpc) is 3.46. The van der Waals surface area contributed by atoms with Crippen molar-refractivity contribution in [3.8, 4) is 0 Å². The Morgan fingerprint density at radius 1 is 1.19 bits per heavy atom. The highest BCUT2D eigenvalue weighted by atomic mass is 32.1. The molecule has 2 aromatic carbocycles. The molecule has 0 saturated carbocycles. The minimum atomic E-state index is -0.360. The lowest BCUT2D eigenvalue weighted by Crippen LogP contribution is -2.39. The summed E-state index contributed by atoms with van der Waals surface area (Å²) >= 11 is 1.15. The number of carbonyl (C=O) groups excluding carboxylic acids is 2. The van der Waals surface area contributed by atoms with Crippen molar-refractivity contribution in [1.29, 1.82) is 0 Å². The van der Waals surface area contributed by atoms with Crippen LogP contribution < -0.4 is 4.87 Å². The molecule has 1 aromatic heterocycles. The average molecular weight is 511 g/mol. The molecule has 2 atom stereocenters. The Morgan fingerprint density at radius 3 is 2.67 bits per heavy atom. The van der Waals surface area contributed by atoms with Gasteiger partial charge in [-0.15, -0.1) is 0 Å². The molecule has 36 heavy (non-hydrogen) atoms. The second-order valence-electron chi connectivity index (χ2n) is 9.35. The van der Waals surface area contributed by atoms with Crippen LogP contribution in [0, 0.1) is 0 Å². The lowest BCUT2D eigenvalue weighted by Gasteiger charge is -2.32. The first kappa shape index (κ1) is 26.1. The summed E-state index contributed by atoms with van der Waals surface area (Å²) in [5, 5.41) is 10.0. The molecular formula is C27H34N4O4S. The lowest BCUT2D eigenvalue weighted by molar-refractivity contribution is -0.131. The molecule has 2 N–H and O–H groups in total. The van der Waals surface area contributed by atoms with Crippen LogP contribution in [-0.4, -0.2) is 82.5 Å². The van der Waals surface area contributed by atoms with Gasteiger partial charge in [0, 0.05) is 45.3 Å². The number of H-pyrrole nitrogens is 1. The highest BCUT2D eigenvalue weighted by Gasteiger charge is 2.29. The summed E-state index contributed by atoms with van der Waals surface area (Å²) in [6.45, 7) is 7.09. The van der Waals surface area contributed by atoms with Gasteiger partial charge in [-0.05, 0) is 55.7 Å². The van der Waals surface area contributed by atoms with Gasteiger partial charge in [-0.2, -0.15) is 0 Å². The van der Waals surface area contributed by atoms with Gasteiger partial charge in [0.25, 0.3) is 5.91 Å². The van der Waals surface area contributed by atoms with Gasteiger partial charge >= 0.3 is 4.87 Å². The number of hydrogen-bond acceptors (Lipinski definition) is 6. The summed E-state index contributed by atoms with van der Waals surface area (Å²) in [5.41, 5.74) is 3.07. The van der Waals surface area contributed by atoms with Crippen molar-refractivity contribution in [2.45, 2.75) is 38.8 Å². The minimum absolute atomic E-state index is 0.0239. The van der Waals surface area contributed by atoms with Crippen molar-refractivity contribution in [2.75, 3.05) is 39.8 Å². The fraction of sp³-hybridized carbons (Fsp3) is 0.444. The van der Waals surface area contributed by atoms with Crippen LogP contribution >= 0.6 is 11.3 Å². The van der Waals surface area contributed by atoms with E-state index in [1.165, 1.54) is 0 Å². The van der Waals surface area contributed by atoms with Crippen molar-refractivity contribution in [1.82, 2.24) is 19.7 Å². The van der Waals surface area contributed by atoms with E-state index in [-0.39, 0.29) is 35.3 Å². The van der Waals surface area contributed by atoms with Gasteiger partial charge in [0.2, 0.25) is 5.91 Å². The second-order valence-corrected chi connectivity index (χ2v) is 10.4. The van der Waals surface area contributed by atoms with Crippen LogP contribution in [-0.2, 0) is 11.2 Å². The van der Waals surface area contributed by atoms with Gasteiger partial charge in [-0.3, -0.25) is 19.3 Å². The summed E-state index contributed by atoms with van der Waals surface area (Å²) in [7, 11) is 1.80. The number of aromatic nitrogens is 1. The number of β-amino-alcohol motifs (C(OH)–C–C–N with tert-alkyl or cyclic N) is 1. The number of nitrogens with zero attached hydrogens (tertiary/aromatic N) is 3. The molecule has 0 radical (unpaired) electrons. The Balaban J connectivity index is 1.59. The first-order valence-electron chi connectivity index (χ1n) is 12.5. The number of thiazole rings is 1. The Labute approximate surface area is 215 Å². The Kier molecular flexibility index (Phi) is 8.23. The molecule has 4 rings (SSSR count). The quantitative estimate of drug-likeness (QED) is 0.462. The predicted molar refractivity (Wildman–Crippen MR) is 142 cm³/mol. The van der Waals surface area contributed by atoms with E-state index in [0.717, 1.165) is 39.2 Å². The summed E-state index contributed by atoms with van der Waals surface area (Å²) < 4.78 is 0.865. The number of hydrogen-bond donors (Lipinski definition) is 2. The molecule has 192 valence electrons. The number of aromatic amines is 1. The van der Waals surface area contributed by atoms with Crippen LogP contribution in [0.15, 0.2) is 47.3 Å². The maximum Gasteiger partial charge on any atom is 0.305 e. The van der Waals surface area contributed by atoms with Crippen molar-refractivity contribution in [3.63, 3.8) is 0 Å². The third-order valence-corrected chi connectivity index (χ3v) is 7.81. The largest absolute Gasteiger partial charge is 0.392 e. The molecule has 8 nitrogen and oxygen atoms in total. The van der Waals surface area contributed by atoms with E-state index in [1.54, 1.807) is 16.8 Å². The number of benzene rings is 2. The van der Waals surface area contributed by atoms with E-state index in [1.807, 2.05) is 56.3 Å². The van der Waals surface area contributed by atoms with Crippen molar-refractivity contribution < 1.29 is 14.7 Å². The number of likely N-dealkylation sites (tertiary alicyclic amines) is 1. The molecule has 0 aliphatic carbocycles. The van der Waals surface area contributed by atoms with Crippen LogP contribution in [0.1, 0.15) is 47.8 Å². The lowest BCUT2D eigenvalue weighted by atomic mass is 10.0. The monoisotopic (exact) mass is 510 g/mol. The molecule has 3 aromatic rings. The molecule has 2 amide bonds. The van der Waals surface area contributed by atoms with Gasteiger partial charge in [-0.25, -0.2) is 0 Å². The summed E-state index contributed by atoms with van der Waals surface area (Å²) in [6.07, 6.45) is 0.548. The van der Waals surface area contributed by atoms with Crippen molar-refractivity contribution >= 4 is 33.4 Å². The topological polar surface area (TPSA) is 96.9 Å². The molecule has 0 bridgehead atoms. The number of likely N-dealkylation sites (N-methyl/N-ethyl adjacent to an activating group) is 1. The fourth-order valence-corrected chi connectivity index (χ4v) is 5.55. The van der Waals surface area contributed by atoms with Crippen LogP contribution in [0.2, 0.25) is 0 Å². The minimum Gasteiger partial charge on any atom is -0.392 e. The van der Waals surface area contributed by atoms with E-state index < -0.39 is 0 Å². The number of nitrogens with one attached hydrogen (secondary N) is 1. The number of rotatable bonds is 9. The third-order valence-electron chi connectivity index (χ3n) is 6.95. The van der Waals surface area contributed by atoms with E-state index >= 15 is 0 Å². The molecule has 9 heteroatoms. The molecule has 1 aliphatic heterocycles. The molecular weight excluding hydrogens is 476 g/mol. The van der Waals surface area contributed by atoms with Gasteiger partial charge in [0.05, 0.1) is 28.8 Å². The zero-order chi connectivity index (χ0) is 25.8. The van der Waals surface area contributed by atoms with Crippen LogP contribution in [0.4, 0.5) is 0 Å². The normalized spacial score (nSPS) is 16.8. The maximum absolute atomic E-state index is 13.4.